The molecule has 2 N–H and O–H groups in total. The van der Waals surface area contributed by atoms with E-state index in [4.69, 9.17) is 5.11 Å². The highest BCUT2D eigenvalue weighted by atomic mass is 32.2. The Balaban J connectivity index is 2.73. The van der Waals surface area contributed by atoms with E-state index in [1.807, 2.05) is 0 Å². The normalized spacial score (nSPS) is 17.9. The third kappa shape index (κ3) is 4.96. The van der Waals surface area contributed by atoms with Gasteiger partial charge in [-0.1, -0.05) is 26.7 Å². The van der Waals surface area contributed by atoms with Crippen molar-refractivity contribution in [2.75, 3.05) is 18.8 Å². The molecule has 1 rings (SSSR count). The first-order chi connectivity index (χ1) is 9.74. The summed E-state index contributed by atoms with van der Waals surface area (Å²) < 4.78 is 25.3. The van der Waals surface area contributed by atoms with Crippen LogP contribution in [0.3, 0.4) is 0 Å². The molecule has 21 heavy (non-hydrogen) atoms. The fourth-order valence-electron chi connectivity index (χ4n) is 2.89. The average Bonchev–Trinajstić information content (AvgIpc) is 2.76. The predicted octanol–water partition coefficient (Wildman–Crippen LogP) is 0.562. The van der Waals surface area contributed by atoms with Crippen molar-refractivity contribution in [1.29, 1.82) is 0 Å². The molecule has 1 aliphatic carbocycles. The minimum atomic E-state index is -3.64. The predicted molar refractivity (Wildman–Crippen MR) is 78.3 cm³/mol. The standard InChI is InChI=1S/C13H24N2O5S/c1-3-15(4-2)21(19,20)10-11(16)14-13(9-12(17)18)7-5-6-8-13/h3-10H2,1-2H3,(H,14,16)(H,17,18). The molecule has 0 heterocycles. The van der Waals surface area contributed by atoms with Crippen LogP contribution in [-0.4, -0.2) is 54.1 Å². The lowest BCUT2D eigenvalue weighted by Gasteiger charge is -2.29. The van der Waals surface area contributed by atoms with Crippen LogP contribution < -0.4 is 5.32 Å². The largest absolute Gasteiger partial charge is 0.481 e. The smallest absolute Gasteiger partial charge is 0.305 e. The van der Waals surface area contributed by atoms with E-state index in [9.17, 15) is 18.0 Å². The van der Waals surface area contributed by atoms with Gasteiger partial charge in [0, 0.05) is 13.1 Å². The van der Waals surface area contributed by atoms with Gasteiger partial charge < -0.3 is 10.4 Å². The van der Waals surface area contributed by atoms with E-state index >= 15 is 0 Å². The zero-order chi connectivity index (χ0) is 16.1. The topological polar surface area (TPSA) is 104 Å². The van der Waals surface area contributed by atoms with Gasteiger partial charge in [-0.15, -0.1) is 0 Å². The summed E-state index contributed by atoms with van der Waals surface area (Å²) in [5.41, 5.74) is -0.790. The van der Waals surface area contributed by atoms with Crippen LogP contribution in [0, 0.1) is 0 Å². The monoisotopic (exact) mass is 320 g/mol. The quantitative estimate of drug-likeness (QED) is 0.680. The summed E-state index contributed by atoms with van der Waals surface area (Å²) in [4.78, 5) is 23.0. The van der Waals surface area contributed by atoms with Gasteiger partial charge in [0.05, 0.1) is 12.0 Å². The molecule has 0 atom stereocenters. The lowest BCUT2D eigenvalue weighted by Crippen LogP contribution is -2.50. The molecule has 0 aromatic carbocycles. The van der Waals surface area contributed by atoms with Gasteiger partial charge in [-0.05, 0) is 12.8 Å². The number of carboxylic acids is 1. The Morgan fingerprint density at radius 2 is 1.71 bits per heavy atom. The lowest BCUT2D eigenvalue weighted by atomic mass is 9.93. The summed E-state index contributed by atoms with van der Waals surface area (Å²) in [6, 6.07) is 0. The van der Waals surface area contributed by atoms with Crippen molar-refractivity contribution in [2.24, 2.45) is 0 Å². The maximum absolute atomic E-state index is 12.1. The molecule has 0 aromatic heterocycles. The number of nitrogens with zero attached hydrogens (tertiary/aromatic N) is 1. The minimum absolute atomic E-state index is 0.163. The number of carboxylic acid groups (broad SMARTS) is 1. The number of sulfonamides is 1. The molecule has 1 aliphatic rings. The van der Waals surface area contributed by atoms with Crippen LogP contribution in [0.4, 0.5) is 0 Å². The second kappa shape index (κ2) is 7.22. The van der Waals surface area contributed by atoms with Crippen LogP contribution in [0.1, 0.15) is 46.0 Å². The van der Waals surface area contributed by atoms with E-state index in [1.165, 1.54) is 4.31 Å². The van der Waals surface area contributed by atoms with Gasteiger partial charge in [0.2, 0.25) is 15.9 Å². The lowest BCUT2D eigenvalue weighted by molar-refractivity contribution is -0.139. The molecule has 0 aromatic rings. The fraction of sp³-hybridized carbons (Fsp3) is 0.846. The molecule has 0 spiro atoms. The maximum Gasteiger partial charge on any atom is 0.305 e. The van der Waals surface area contributed by atoms with Gasteiger partial charge in [-0.2, -0.15) is 0 Å². The molecule has 7 nitrogen and oxygen atoms in total. The number of amides is 1. The third-order valence-corrected chi connectivity index (χ3v) is 5.80. The second-order valence-electron chi connectivity index (χ2n) is 5.45. The highest BCUT2D eigenvalue weighted by Crippen LogP contribution is 2.32. The summed E-state index contributed by atoms with van der Waals surface area (Å²) in [7, 11) is -3.64. The average molecular weight is 320 g/mol. The molecule has 0 unspecified atom stereocenters. The number of hydrogen-bond acceptors (Lipinski definition) is 4. The molecular weight excluding hydrogens is 296 g/mol. The van der Waals surface area contributed by atoms with Crippen LogP contribution >= 0.6 is 0 Å². The Kier molecular flexibility index (Phi) is 6.15. The van der Waals surface area contributed by atoms with Crippen molar-refractivity contribution in [3.05, 3.63) is 0 Å². The summed E-state index contributed by atoms with van der Waals surface area (Å²) in [5, 5.41) is 11.6. The van der Waals surface area contributed by atoms with Crippen LogP contribution in [0.25, 0.3) is 0 Å². The molecule has 8 heteroatoms. The van der Waals surface area contributed by atoms with Crippen molar-refractivity contribution < 1.29 is 23.1 Å². The Hall–Kier alpha value is -1.15. The van der Waals surface area contributed by atoms with E-state index in [-0.39, 0.29) is 6.42 Å². The first-order valence-electron chi connectivity index (χ1n) is 7.25. The minimum Gasteiger partial charge on any atom is -0.481 e. The molecule has 0 radical (unpaired) electrons. The zero-order valence-corrected chi connectivity index (χ0v) is 13.4. The fourth-order valence-corrected chi connectivity index (χ4v) is 4.27. The van der Waals surface area contributed by atoms with E-state index in [1.54, 1.807) is 13.8 Å². The Labute approximate surface area is 125 Å². The molecule has 0 saturated heterocycles. The van der Waals surface area contributed by atoms with Crippen molar-refractivity contribution >= 4 is 21.9 Å². The Bertz CT molecular complexity index is 479. The molecule has 0 bridgehead atoms. The van der Waals surface area contributed by atoms with Crippen LogP contribution in [0.2, 0.25) is 0 Å². The van der Waals surface area contributed by atoms with Gasteiger partial charge in [0.15, 0.2) is 0 Å². The number of nitrogens with one attached hydrogen (secondary N) is 1. The summed E-state index contributed by atoms with van der Waals surface area (Å²) in [6.45, 7) is 4.04. The molecule has 1 amide bonds. The number of aliphatic carboxylic acids is 1. The van der Waals surface area contributed by atoms with Gasteiger partial charge >= 0.3 is 5.97 Å². The summed E-state index contributed by atoms with van der Waals surface area (Å²) >= 11 is 0. The van der Waals surface area contributed by atoms with Gasteiger partial charge in [0.25, 0.3) is 0 Å². The van der Waals surface area contributed by atoms with Gasteiger partial charge in [-0.25, -0.2) is 12.7 Å². The van der Waals surface area contributed by atoms with Crippen LogP contribution in [-0.2, 0) is 19.6 Å². The van der Waals surface area contributed by atoms with Crippen LogP contribution in [0.15, 0.2) is 0 Å². The van der Waals surface area contributed by atoms with Crippen molar-refractivity contribution in [3.63, 3.8) is 0 Å². The summed E-state index contributed by atoms with van der Waals surface area (Å²) in [6.07, 6.45) is 2.68. The number of rotatable bonds is 8. The number of carbonyl (C=O) groups excluding carboxylic acids is 1. The maximum atomic E-state index is 12.1. The zero-order valence-electron chi connectivity index (χ0n) is 12.6. The first kappa shape index (κ1) is 17.9. The highest BCUT2D eigenvalue weighted by molar-refractivity contribution is 7.89. The Morgan fingerprint density at radius 1 is 1.19 bits per heavy atom. The van der Waals surface area contributed by atoms with E-state index in [0.29, 0.717) is 25.9 Å². The van der Waals surface area contributed by atoms with E-state index in [2.05, 4.69) is 5.32 Å². The molecule has 122 valence electrons. The van der Waals surface area contributed by atoms with Crippen molar-refractivity contribution in [1.82, 2.24) is 9.62 Å². The molecule has 1 saturated carbocycles. The van der Waals surface area contributed by atoms with E-state index < -0.39 is 33.2 Å². The van der Waals surface area contributed by atoms with Crippen molar-refractivity contribution in [2.45, 2.75) is 51.5 Å². The van der Waals surface area contributed by atoms with Gasteiger partial charge in [-0.3, -0.25) is 9.59 Å². The van der Waals surface area contributed by atoms with Crippen molar-refractivity contribution in [3.8, 4) is 0 Å². The highest BCUT2D eigenvalue weighted by Gasteiger charge is 2.38. The molecule has 1 fully saturated rings. The second-order valence-corrected chi connectivity index (χ2v) is 7.42. The van der Waals surface area contributed by atoms with Crippen LogP contribution in [0.5, 0.6) is 0 Å². The Morgan fingerprint density at radius 3 is 2.14 bits per heavy atom. The van der Waals surface area contributed by atoms with Gasteiger partial charge in [0.1, 0.15) is 5.75 Å². The number of carbonyl (C=O) groups is 2. The molecular formula is C13H24N2O5S. The van der Waals surface area contributed by atoms with E-state index in [0.717, 1.165) is 12.8 Å². The number of hydrogen-bond donors (Lipinski definition) is 2. The first-order valence-corrected chi connectivity index (χ1v) is 8.86. The third-order valence-electron chi connectivity index (χ3n) is 3.87. The summed E-state index contributed by atoms with van der Waals surface area (Å²) in [5.74, 6) is -2.23. The SMILES string of the molecule is CCN(CC)S(=O)(=O)CC(=O)NC1(CC(=O)O)CCCC1. The molecule has 0 aliphatic heterocycles.